The molecule has 178 valence electrons. The second-order valence-electron chi connectivity index (χ2n) is 7.28. The van der Waals surface area contributed by atoms with Crippen molar-refractivity contribution in [2.45, 2.75) is 6.42 Å². The quantitative estimate of drug-likeness (QED) is 0.331. The predicted octanol–water partition coefficient (Wildman–Crippen LogP) is 5.15. The summed E-state index contributed by atoms with van der Waals surface area (Å²) in [5.41, 5.74) is 1.97. The molecule has 1 amide bonds. The minimum Gasteiger partial charge on any atom is -0.493 e. The monoisotopic (exact) mass is 508 g/mol. The van der Waals surface area contributed by atoms with E-state index in [1.165, 1.54) is 6.20 Å². The van der Waals surface area contributed by atoms with Crippen LogP contribution in [0.25, 0.3) is 10.9 Å². The zero-order chi connectivity index (χ0) is 24.8. The van der Waals surface area contributed by atoms with Gasteiger partial charge in [0, 0.05) is 11.6 Å². The van der Waals surface area contributed by atoms with Gasteiger partial charge in [-0.1, -0.05) is 41.9 Å². The number of methoxy groups -OCH3 is 2. The number of aromatic nitrogens is 2. The Morgan fingerprint density at radius 1 is 1.03 bits per heavy atom. The number of anilines is 1. The van der Waals surface area contributed by atoms with Gasteiger partial charge in [0.05, 0.1) is 32.5 Å². The summed E-state index contributed by atoms with van der Waals surface area (Å²) in [5, 5.41) is 6.63. The van der Waals surface area contributed by atoms with Gasteiger partial charge >= 0.3 is 0 Å². The van der Waals surface area contributed by atoms with E-state index in [1.54, 1.807) is 38.6 Å². The lowest BCUT2D eigenvalue weighted by Gasteiger charge is -2.14. The summed E-state index contributed by atoms with van der Waals surface area (Å²) in [4.78, 5) is 20.9. The molecule has 0 spiro atoms. The molecule has 0 aliphatic carbocycles. The van der Waals surface area contributed by atoms with E-state index in [9.17, 15) is 4.79 Å². The summed E-state index contributed by atoms with van der Waals surface area (Å²) in [5.74, 6) is 1.51. The molecule has 2 aromatic carbocycles. The van der Waals surface area contributed by atoms with E-state index < -0.39 is 0 Å². The van der Waals surface area contributed by atoms with Crippen molar-refractivity contribution in [1.29, 1.82) is 0 Å². The molecular formula is C25H21ClN4O4S. The van der Waals surface area contributed by atoms with Crippen molar-refractivity contribution in [3.8, 4) is 23.1 Å². The summed E-state index contributed by atoms with van der Waals surface area (Å²) < 4.78 is 16.8. The van der Waals surface area contributed by atoms with Crippen molar-refractivity contribution in [1.82, 2.24) is 15.3 Å². The predicted molar refractivity (Wildman–Crippen MR) is 139 cm³/mol. The van der Waals surface area contributed by atoms with Gasteiger partial charge in [-0.2, -0.15) is 0 Å². The maximum absolute atomic E-state index is 12.2. The Kier molecular flexibility index (Phi) is 7.59. The number of fused-ring (bicyclic) bond motifs is 1. The third kappa shape index (κ3) is 5.76. The molecule has 10 heteroatoms. The van der Waals surface area contributed by atoms with Gasteiger partial charge in [0.25, 0.3) is 0 Å². The van der Waals surface area contributed by atoms with E-state index in [1.807, 2.05) is 36.4 Å². The molecule has 2 N–H and O–H groups in total. The molecule has 8 nitrogen and oxygen atoms in total. The number of rotatable bonds is 7. The molecule has 0 bridgehead atoms. The van der Waals surface area contributed by atoms with Gasteiger partial charge in [0.15, 0.2) is 16.6 Å². The lowest BCUT2D eigenvalue weighted by atomic mass is 10.1. The molecule has 0 fully saturated rings. The zero-order valence-electron chi connectivity index (χ0n) is 18.9. The fourth-order valence-electron chi connectivity index (χ4n) is 3.38. The highest BCUT2D eigenvalue weighted by Gasteiger charge is 2.15. The molecule has 4 rings (SSSR count). The van der Waals surface area contributed by atoms with Crippen LogP contribution in [0.2, 0.25) is 5.02 Å². The van der Waals surface area contributed by atoms with Gasteiger partial charge in [-0.3, -0.25) is 9.78 Å². The zero-order valence-corrected chi connectivity index (χ0v) is 20.4. The summed E-state index contributed by atoms with van der Waals surface area (Å²) >= 11 is 11.6. The number of nitrogens with zero attached hydrogens (tertiary/aromatic N) is 2. The van der Waals surface area contributed by atoms with E-state index in [2.05, 4.69) is 20.6 Å². The smallest absolute Gasteiger partial charge is 0.238 e. The number of halogens is 1. The molecule has 0 atom stereocenters. The number of amides is 1. The first kappa shape index (κ1) is 24.2. The minimum atomic E-state index is -0.232. The summed E-state index contributed by atoms with van der Waals surface area (Å²) in [6.45, 7) is 0. The van der Waals surface area contributed by atoms with E-state index in [-0.39, 0.29) is 28.3 Å². The number of pyridine rings is 2. The van der Waals surface area contributed by atoms with Crippen molar-refractivity contribution in [3.63, 3.8) is 0 Å². The minimum absolute atomic E-state index is 0.138. The number of thiocarbonyl (C=S) groups is 1. The Hall–Kier alpha value is -3.95. The van der Waals surface area contributed by atoms with Crippen molar-refractivity contribution >= 4 is 51.4 Å². The topological polar surface area (TPSA) is 94.6 Å². The van der Waals surface area contributed by atoms with Crippen molar-refractivity contribution < 1.29 is 19.0 Å². The van der Waals surface area contributed by atoms with Crippen LogP contribution in [-0.4, -0.2) is 35.2 Å². The molecule has 35 heavy (non-hydrogen) atoms. The molecule has 2 heterocycles. The molecule has 0 saturated carbocycles. The number of benzene rings is 2. The molecule has 0 aliphatic heterocycles. The fraction of sp³-hybridized carbons (Fsp3) is 0.120. The Balaban J connectivity index is 1.45. The van der Waals surface area contributed by atoms with Crippen LogP contribution < -0.4 is 24.8 Å². The standard InChI is InChI=1S/C25H21ClN4O4S/c1-32-20-9-8-17-19(10-11-27-22(17)23(20)33-2)34-24-18(26)13-16(14-28-24)29-25(35)30-21(31)12-15-6-4-3-5-7-15/h3-11,13-14H,12H2,1-2H3,(H2,29,30,31,35). The highest BCUT2D eigenvalue weighted by atomic mass is 35.5. The van der Waals surface area contributed by atoms with Gasteiger partial charge in [-0.15, -0.1) is 0 Å². The second kappa shape index (κ2) is 11.0. The van der Waals surface area contributed by atoms with Crippen LogP contribution in [0, 0.1) is 0 Å². The lowest BCUT2D eigenvalue weighted by molar-refractivity contribution is -0.119. The highest BCUT2D eigenvalue weighted by Crippen LogP contribution is 2.39. The van der Waals surface area contributed by atoms with Crippen LogP contribution in [0.3, 0.4) is 0 Å². The van der Waals surface area contributed by atoms with E-state index >= 15 is 0 Å². The van der Waals surface area contributed by atoms with Gasteiger partial charge in [-0.25, -0.2) is 4.98 Å². The number of carbonyl (C=O) groups is 1. The molecule has 0 radical (unpaired) electrons. The number of nitrogens with one attached hydrogen (secondary N) is 2. The maximum Gasteiger partial charge on any atom is 0.238 e. The molecule has 0 unspecified atom stereocenters. The van der Waals surface area contributed by atoms with Crippen LogP contribution in [0.5, 0.6) is 23.1 Å². The third-order valence-electron chi connectivity index (χ3n) is 4.95. The summed E-state index contributed by atoms with van der Waals surface area (Å²) in [6.07, 6.45) is 3.31. The average Bonchev–Trinajstić information content (AvgIpc) is 2.85. The first-order valence-corrected chi connectivity index (χ1v) is 11.2. The highest BCUT2D eigenvalue weighted by molar-refractivity contribution is 7.80. The van der Waals surface area contributed by atoms with Crippen LogP contribution in [0.15, 0.2) is 67.0 Å². The second-order valence-corrected chi connectivity index (χ2v) is 8.10. The Labute approximate surface area is 212 Å². The number of ether oxygens (including phenoxy) is 3. The average molecular weight is 509 g/mol. The van der Waals surface area contributed by atoms with Gasteiger partial charge in [-0.05, 0) is 42.0 Å². The first-order chi connectivity index (χ1) is 17.0. The van der Waals surface area contributed by atoms with Crippen LogP contribution in [0.4, 0.5) is 5.69 Å². The Morgan fingerprint density at radius 3 is 2.54 bits per heavy atom. The third-order valence-corrected chi connectivity index (χ3v) is 5.42. The largest absolute Gasteiger partial charge is 0.493 e. The van der Waals surface area contributed by atoms with Crippen molar-refractivity contribution in [2.75, 3.05) is 19.5 Å². The first-order valence-electron chi connectivity index (χ1n) is 10.5. The van der Waals surface area contributed by atoms with E-state index in [0.717, 1.165) is 5.56 Å². The van der Waals surface area contributed by atoms with Crippen LogP contribution in [-0.2, 0) is 11.2 Å². The SMILES string of the molecule is COc1ccc2c(Oc3ncc(NC(=S)NC(=O)Cc4ccccc4)cc3Cl)ccnc2c1OC. The van der Waals surface area contributed by atoms with E-state index in [0.29, 0.717) is 33.8 Å². The van der Waals surface area contributed by atoms with Crippen molar-refractivity contribution in [3.05, 3.63) is 77.6 Å². The molecule has 4 aromatic rings. The normalized spacial score (nSPS) is 10.5. The molecular weight excluding hydrogens is 488 g/mol. The van der Waals surface area contributed by atoms with Crippen LogP contribution >= 0.6 is 23.8 Å². The Bertz CT molecular complexity index is 1390. The Morgan fingerprint density at radius 2 is 1.83 bits per heavy atom. The summed E-state index contributed by atoms with van der Waals surface area (Å²) in [6, 6.07) is 16.3. The maximum atomic E-state index is 12.2. The molecule has 0 saturated heterocycles. The van der Waals surface area contributed by atoms with Gasteiger partial charge < -0.3 is 24.8 Å². The summed E-state index contributed by atoms with van der Waals surface area (Å²) in [7, 11) is 3.11. The number of hydrogen-bond donors (Lipinski definition) is 2. The van der Waals surface area contributed by atoms with Gasteiger partial charge in [0.2, 0.25) is 11.8 Å². The molecule has 2 aromatic heterocycles. The number of carbonyl (C=O) groups excluding carboxylic acids is 1. The van der Waals surface area contributed by atoms with E-state index in [4.69, 9.17) is 38.0 Å². The van der Waals surface area contributed by atoms with Crippen LogP contribution in [0.1, 0.15) is 5.56 Å². The molecule has 0 aliphatic rings. The van der Waals surface area contributed by atoms with Gasteiger partial charge in [0.1, 0.15) is 16.3 Å². The lowest BCUT2D eigenvalue weighted by Crippen LogP contribution is -2.35. The fourth-order valence-corrected chi connectivity index (χ4v) is 3.82. The van der Waals surface area contributed by atoms with Crippen molar-refractivity contribution in [2.24, 2.45) is 0 Å². The number of hydrogen-bond acceptors (Lipinski definition) is 7.